The lowest BCUT2D eigenvalue weighted by Crippen LogP contribution is -2.55. The molecule has 0 radical (unpaired) electrons. The number of imide groups is 1. The van der Waals surface area contributed by atoms with Crippen molar-refractivity contribution in [3.8, 4) is 0 Å². The first-order valence-electron chi connectivity index (χ1n) is 23.1. The Morgan fingerprint density at radius 1 is 0.644 bits per heavy atom. The van der Waals surface area contributed by atoms with Crippen LogP contribution in [0.2, 0.25) is 0 Å². The van der Waals surface area contributed by atoms with Crippen molar-refractivity contribution in [3.63, 3.8) is 0 Å². The van der Waals surface area contributed by atoms with Crippen LogP contribution in [-0.2, 0) is 81.0 Å². The van der Waals surface area contributed by atoms with Gasteiger partial charge in [0.2, 0.25) is 11.8 Å². The fourth-order valence-corrected chi connectivity index (χ4v) is 5.88. The molecule has 0 bridgehead atoms. The maximum absolute atomic E-state index is 12.6. The zero-order chi connectivity index (χ0) is 57.2. The average Bonchev–Trinajstić information content (AvgIpc) is 3.43. The molecule has 3 aliphatic heterocycles. The lowest BCUT2D eigenvalue weighted by molar-refractivity contribution is -0.239. The van der Waals surface area contributed by atoms with Gasteiger partial charge < -0.3 is 53.6 Å². The molecule has 0 spiro atoms. The molecule has 3 heterocycles. The quantitative estimate of drug-likeness (QED) is 0.129. The van der Waals surface area contributed by atoms with Gasteiger partial charge in [-0.1, -0.05) is 49.0 Å². The highest BCUT2D eigenvalue weighted by atomic mass is 16.8. The summed E-state index contributed by atoms with van der Waals surface area (Å²) < 4.78 is 38.8. The minimum Gasteiger partial charge on any atom is -0.480 e. The molecule has 24 heteroatoms. The molecule has 0 unspecified atom stereocenters. The SMILES string of the molecule is C.CC(C)[C@@H](NC(=O)OC(C)(C)C)C(=O)C1C(=O)OC(C)(C)OC1=O.CC(C)[C@@H](NC(=O)OC(C)(C)C)C(=O)O.CC(C)[C@@H]1C(=O)CC(=O)N1C(=O)OC(C)(C)C.CC1(C)OC(=O)CC(=O)O1.CCOC(C)=O. The predicted molar refractivity (Wildman–Crippen MR) is 260 cm³/mol. The van der Waals surface area contributed by atoms with Crippen molar-refractivity contribution >= 4 is 71.6 Å². The minimum atomic E-state index is -1.72. The molecule has 0 aromatic heterocycles. The van der Waals surface area contributed by atoms with Gasteiger partial charge in [0.25, 0.3) is 11.6 Å². The summed E-state index contributed by atoms with van der Waals surface area (Å²) in [6.45, 7) is 35.2. The van der Waals surface area contributed by atoms with Crippen LogP contribution in [0.25, 0.3) is 0 Å². The van der Waals surface area contributed by atoms with Gasteiger partial charge in [-0.05, 0) is 87.0 Å². The number of ketones is 2. The molecule has 73 heavy (non-hydrogen) atoms. The van der Waals surface area contributed by atoms with Gasteiger partial charge in [0.05, 0.1) is 19.1 Å². The highest BCUT2D eigenvalue weighted by molar-refractivity contribution is 6.18. The highest BCUT2D eigenvalue weighted by Gasteiger charge is 2.50. The monoisotopic (exact) mass is 1050 g/mol. The number of Topliss-reactive ketones (excluding diaryl/α,β-unsaturated/α-hetero) is 2. The molecule has 24 nitrogen and oxygen atoms in total. The Labute approximate surface area is 429 Å². The van der Waals surface area contributed by atoms with Gasteiger partial charge in [-0.2, -0.15) is 0 Å². The number of nitrogens with one attached hydrogen (secondary N) is 2. The van der Waals surface area contributed by atoms with Crippen LogP contribution < -0.4 is 10.6 Å². The maximum atomic E-state index is 12.6. The molecule has 0 aliphatic carbocycles. The molecule has 3 aliphatic rings. The van der Waals surface area contributed by atoms with Crippen LogP contribution >= 0.6 is 0 Å². The first-order valence-corrected chi connectivity index (χ1v) is 23.1. The number of aliphatic carboxylic acids is 1. The Morgan fingerprint density at radius 3 is 1.30 bits per heavy atom. The molecule has 3 rings (SSSR count). The summed E-state index contributed by atoms with van der Waals surface area (Å²) in [6, 6.07) is -2.69. The standard InChI is InChI=1S/C16H25NO7.C12H19NO4.C10H19NO4.C6H8O4.C4H8O2.CH4/c1-8(2)10(17-14(21)24-15(3,4)5)11(18)9-12(19)22-16(6,7)23-13(9)20;1-7(2)10-8(14)6-9(15)13(10)11(16)17-12(3,4)5;1-6(2)7(8(12)13)11-9(14)15-10(3,4)5;1-6(2)9-4(7)3-5(8)10-6;1-3-6-4(2)5;/h8-10H,1-7H3,(H,17,21);7,10H,6H2,1-5H3;6-7H,1-5H3,(H,11,14)(H,12,13);3H2,1-2H3;3H2,1-2H3;1H4/t2*10-;7-;;;/m111.../s1. The van der Waals surface area contributed by atoms with Crippen LogP contribution in [0.5, 0.6) is 0 Å². The highest BCUT2D eigenvalue weighted by Crippen LogP contribution is 2.27. The zero-order valence-electron chi connectivity index (χ0n) is 45.7. The Morgan fingerprint density at radius 2 is 1.01 bits per heavy atom. The van der Waals surface area contributed by atoms with E-state index < -0.39 is 112 Å². The van der Waals surface area contributed by atoms with Gasteiger partial charge in [-0.15, -0.1) is 0 Å². The molecule has 0 aromatic carbocycles. The first-order chi connectivity index (χ1) is 32.3. The second-order valence-corrected chi connectivity index (χ2v) is 21.2. The van der Waals surface area contributed by atoms with Crippen molar-refractivity contribution in [2.24, 2.45) is 23.7 Å². The number of ether oxygens (including phenoxy) is 8. The number of hydrogen-bond acceptors (Lipinski definition) is 20. The summed E-state index contributed by atoms with van der Waals surface area (Å²) in [7, 11) is 0. The predicted octanol–water partition coefficient (Wildman–Crippen LogP) is 6.34. The smallest absolute Gasteiger partial charge is 0.417 e. The largest absolute Gasteiger partial charge is 0.480 e. The molecular weight excluding hydrogens is 967 g/mol. The Balaban J connectivity index is -0.000000888. The fraction of sp³-hybridized carbons (Fsp3) is 0.755. The number of alkyl carbamates (subject to hydrolysis) is 2. The molecule has 3 saturated heterocycles. The Hall–Kier alpha value is -6.36. The van der Waals surface area contributed by atoms with Gasteiger partial charge in [-0.3, -0.25) is 38.4 Å². The third kappa shape index (κ3) is 29.1. The summed E-state index contributed by atoms with van der Waals surface area (Å²) in [5, 5.41) is 13.5. The van der Waals surface area contributed by atoms with E-state index in [2.05, 4.69) is 24.8 Å². The van der Waals surface area contributed by atoms with E-state index in [1.54, 1.807) is 111 Å². The third-order valence-electron chi connectivity index (χ3n) is 8.48. The van der Waals surface area contributed by atoms with Crippen molar-refractivity contribution in [1.29, 1.82) is 0 Å². The Kier molecular flexibility index (Phi) is 28.5. The van der Waals surface area contributed by atoms with Crippen LogP contribution in [-0.4, -0.2) is 135 Å². The number of carbonyl (C=O) groups excluding carboxylic acids is 11. The third-order valence-corrected chi connectivity index (χ3v) is 8.48. The molecule has 4 amide bonds. The fourth-order valence-electron chi connectivity index (χ4n) is 5.88. The topological polar surface area (TPSA) is 326 Å². The number of cyclic esters (lactones) is 4. The number of rotatable bonds is 9. The number of likely N-dealkylation sites (tertiary alicyclic amines) is 1. The van der Waals surface area contributed by atoms with Gasteiger partial charge in [0.15, 0.2) is 11.6 Å². The van der Waals surface area contributed by atoms with E-state index in [1.807, 2.05) is 0 Å². The Bertz CT molecular complexity index is 1930. The van der Waals surface area contributed by atoms with Crippen LogP contribution in [0.1, 0.15) is 166 Å². The van der Waals surface area contributed by atoms with E-state index in [0.29, 0.717) is 6.61 Å². The van der Waals surface area contributed by atoms with Crippen molar-refractivity contribution in [2.45, 2.75) is 212 Å². The summed E-state index contributed by atoms with van der Waals surface area (Å²) in [6.07, 6.45) is -2.73. The number of esters is 5. The minimum absolute atomic E-state index is 0. The van der Waals surface area contributed by atoms with E-state index >= 15 is 0 Å². The number of hydrogen-bond donors (Lipinski definition) is 3. The van der Waals surface area contributed by atoms with Crippen molar-refractivity contribution < 1.29 is 101 Å². The van der Waals surface area contributed by atoms with E-state index in [0.717, 1.165) is 4.90 Å². The van der Waals surface area contributed by atoms with E-state index in [9.17, 15) is 57.5 Å². The van der Waals surface area contributed by atoms with Crippen molar-refractivity contribution in [3.05, 3.63) is 0 Å². The number of carbonyl (C=O) groups is 12. The summed E-state index contributed by atoms with van der Waals surface area (Å²) in [4.78, 5) is 138. The number of nitrogens with zero attached hydrogens (tertiary/aromatic N) is 1. The second-order valence-electron chi connectivity index (χ2n) is 21.2. The molecule has 3 fully saturated rings. The van der Waals surface area contributed by atoms with Gasteiger partial charge >= 0.3 is 54.1 Å². The van der Waals surface area contributed by atoms with Gasteiger partial charge in [0.1, 0.15) is 35.3 Å². The molecule has 0 aromatic rings. The zero-order valence-corrected chi connectivity index (χ0v) is 45.7. The number of amides is 4. The molecular formula is C49H83N3O21. The van der Waals surface area contributed by atoms with E-state index in [-0.39, 0.29) is 49.8 Å². The molecule has 3 N–H and O–H groups in total. The summed E-state index contributed by atoms with van der Waals surface area (Å²) >= 11 is 0. The number of carboxylic acids is 1. The van der Waals surface area contributed by atoms with Crippen LogP contribution in [0.3, 0.4) is 0 Å². The maximum Gasteiger partial charge on any atom is 0.417 e. The average molecular weight is 1050 g/mol. The van der Waals surface area contributed by atoms with Crippen LogP contribution in [0.4, 0.5) is 14.4 Å². The van der Waals surface area contributed by atoms with E-state index in [4.69, 9.17) is 28.8 Å². The van der Waals surface area contributed by atoms with E-state index in [1.165, 1.54) is 34.6 Å². The lowest BCUT2D eigenvalue weighted by atomic mass is 9.90. The van der Waals surface area contributed by atoms with Crippen molar-refractivity contribution in [2.75, 3.05) is 6.61 Å². The normalized spacial score (nSPS) is 17.9. The van der Waals surface area contributed by atoms with Gasteiger partial charge in [0, 0.05) is 34.6 Å². The van der Waals surface area contributed by atoms with Crippen LogP contribution in [0.15, 0.2) is 0 Å². The lowest BCUT2D eigenvalue weighted by Gasteiger charge is -2.34. The molecule has 3 atom stereocenters. The molecule has 420 valence electrons. The second kappa shape index (κ2) is 29.4. The van der Waals surface area contributed by atoms with Crippen molar-refractivity contribution in [1.82, 2.24) is 15.5 Å². The summed E-state index contributed by atoms with van der Waals surface area (Å²) in [5.74, 6) is -10.6. The molecule has 0 saturated carbocycles. The van der Waals surface area contributed by atoms with Gasteiger partial charge in [-0.25, -0.2) is 24.1 Å². The first kappa shape index (κ1) is 70.9. The van der Waals surface area contributed by atoms with Crippen LogP contribution in [0, 0.1) is 23.7 Å². The number of carboxylic acid groups (broad SMARTS) is 1. The summed E-state index contributed by atoms with van der Waals surface area (Å²) in [5.41, 5.74) is -2.05.